The van der Waals surface area contributed by atoms with Gasteiger partial charge in [-0.05, 0) is 41.8 Å². The summed E-state index contributed by atoms with van der Waals surface area (Å²) in [5.41, 5.74) is 2.51. The SMILES string of the molecule is CC[C@@H](C(=O)NCc1cccc2ccccc12)N(c1ccc(C)cc1)S(C)(=O)=O. The summed E-state index contributed by atoms with van der Waals surface area (Å²) in [5.74, 6) is -0.313. The lowest BCUT2D eigenvalue weighted by molar-refractivity contribution is -0.122. The number of amides is 1. The minimum Gasteiger partial charge on any atom is -0.350 e. The van der Waals surface area contributed by atoms with Gasteiger partial charge in [-0.1, -0.05) is 67.1 Å². The zero-order chi connectivity index (χ0) is 21.0. The van der Waals surface area contributed by atoms with Gasteiger partial charge in [0, 0.05) is 6.54 Å². The van der Waals surface area contributed by atoms with Crippen LogP contribution in [-0.2, 0) is 21.4 Å². The highest BCUT2D eigenvalue weighted by molar-refractivity contribution is 7.92. The highest BCUT2D eigenvalue weighted by Crippen LogP contribution is 2.23. The zero-order valence-corrected chi connectivity index (χ0v) is 17.7. The molecule has 0 spiro atoms. The van der Waals surface area contributed by atoms with Gasteiger partial charge < -0.3 is 5.32 Å². The van der Waals surface area contributed by atoms with Crippen LogP contribution in [0, 0.1) is 6.92 Å². The number of anilines is 1. The molecule has 0 aliphatic carbocycles. The number of nitrogens with zero attached hydrogens (tertiary/aromatic N) is 1. The lowest BCUT2D eigenvalue weighted by Gasteiger charge is -2.30. The van der Waals surface area contributed by atoms with Gasteiger partial charge in [-0.25, -0.2) is 8.42 Å². The van der Waals surface area contributed by atoms with Crippen molar-refractivity contribution in [1.82, 2.24) is 5.32 Å². The number of hydrogen-bond acceptors (Lipinski definition) is 3. The van der Waals surface area contributed by atoms with Gasteiger partial charge in [0.05, 0.1) is 11.9 Å². The first-order chi connectivity index (χ1) is 13.8. The van der Waals surface area contributed by atoms with Crippen molar-refractivity contribution < 1.29 is 13.2 Å². The van der Waals surface area contributed by atoms with Gasteiger partial charge in [-0.2, -0.15) is 0 Å². The fourth-order valence-electron chi connectivity index (χ4n) is 3.50. The summed E-state index contributed by atoms with van der Waals surface area (Å²) in [6.07, 6.45) is 1.50. The zero-order valence-electron chi connectivity index (χ0n) is 16.9. The Hall–Kier alpha value is -2.86. The van der Waals surface area contributed by atoms with Crippen LogP contribution in [0.15, 0.2) is 66.7 Å². The van der Waals surface area contributed by atoms with E-state index in [1.54, 1.807) is 12.1 Å². The van der Waals surface area contributed by atoms with Crippen LogP contribution in [0.25, 0.3) is 10.8 Å². The van der Waals surface area contributed by atoms with E-state index in [2.05, 4.69) is 5.32 Å². The maximum absolute atomic E-state index is 13.0. The van der Waals surface area contributed by atoms with E-state index in [4.69, 9.17) is 0 Å². The van der Waals surface area contributed by atoms with Gasteiger partial charge in [0.1, 0.15) is 6.04 Å². The Balaban J connectivity index is 1.85. The second-order valence-electron chi connectivity index (χ2n) is 7.17. The summed E-state index contributed by atoms with van der Waals surface area (Å²) in [4.78, 5) is 13.0. The van der Waals surface area contributed by atoms with Crippen LogP contribution in [-0.4, -0.2) is 26.6 Å². The lowest BCUT2D eigenvalue weighted by atomic mass is 10.0. The summed E-state index contributed by atoms with van der Waals surface area (Å²) < 4.78 is 26.2. The molecule has 3 aromatic carbocycles. The summed E-state index contributed by atoms with van der Waals surface area (Å²) in [6.45, 7) is 4.08. The third-order valence-corrected chi connectivity index (χ3v) is 6.13. The molecule has 0 fully saturated rings. The molecule has 0 bridgehead atoms. The molecule has 152 valence electrons. The van der Waals surface area contributed by atoms with E-state index in [-0.39, 0.29) is 5.91 Å². The molecular formula is C23H26N2O3S. The third kappa shape index (κ3) is 4.77. The average Bonchev–Trinajstić information content (AvgIpc) is 2.70. The van der Waals surface area contributed by atoms with Gasteiger partial charge in [0.15, 0.2) is 0 Å². The molecule has 0 saturated carbocycles. The number of aryl methyl sites for hydroxylation is 1. The molecule has 0 heterocycles. The topological polar surface area (TPSA) is 66.5 Å². The van der Waals surface area contributed by atoms with E-state index in [1.807, 2.05) is 68.4 Å². The predicted octanol–water partition coefficient (Wildman–Crippen LogP) is 4.01. The van der Waals surface area contributed by atoms with Gasteiger partial charge in [-0.15, -0.1) is 0 Å². The molecule has 1 atom stereocenters. The predicted molar refractivity (Wildman–Crippen MR) is 118 cm³/mol. The number of carbonyl (C=O) groups excluding carboxylic acids is 1. The van der Waals surface area contributed by atoms with Gasteiger partial charge in [0.25, 0.3) is 0 Å². The Labute approximate surface area is 172 Å². The van der Waals surface area contributed by atoms with E-state index in [1.165, 1.54) is 4.31 Å². The summed E-state index contributed by atoms with van der Waals surface area (Å²) >= 11 is 0. The molecule has 3 aromatic rings. The maximum Gasteiger partial charge on any atom is 0.244 e. The van der Waals surface area contributed by atoms with Crippen molar-refractivity contribution in [3.05, 3.63) is 77.9 Å². The average molecular weight is 411 g/mol. The van der Waals surface area contributed by atoms with Gasteiger partial charge in [-0.3, -0.25) is 9.10 Å². The first-order valence-corrected chi connectivity index (χ1v) is 11.5. The molecule has 3 rings (SSSR count). The summed E-state index contributed by atoms with van der Waals surface area (Å²) in [6, 6.07) is 20.3. The molecule has 0 aliphatic heterocycles. The van der Waals surface area contributed by atoms with E-state index in [0.29, 0.717) is 18.7 Å². The molecule has 5 nitrogen and oxygen atoms in total. The number of carbonyl (C=O) groups is 1. The van der Waals surface area contributed by atoms with Crippen molar-refractivity contribution in [2.75, 3.05) is 10.6 Å². The molecule has 0 aliphatic rings. The normalized spacial score (nSPS) is 12.5. The standard InChI is InChI=1S/C23H26N2O3S/c1-4-22(25(29(3,27)28)20-14-12-17(2)13-15-20)23(26)24-16-19-10-7-9-18-8-5-6-11-21(18)19/h5-15,22H,4,16H2,1-3H3,(H,24,26)/t22-/m0/s1. The molecule has 6 heteroatoms. The Morgan fingerprint density at radius 3 is 2.31 bits per heavy atom. The van der Waals surface area contributed by atoms with E-state index in [0.717, 1.165) is 28.2 Å². The van der Waals surface area contributed by atoms with E-state index in [9.17, 15) is 13.2 Å². The molecule has 1 amide bonds. The Kier molecular flexibility index (Phi) is 6.23. The number of sulfonamides is 1. The van der Waals surface area contributed by atoms with Crippen LogP contribution in [0.5, 0.6) is 0 Å². The minimum atomic E-state index is -3.63. The first-order valence-electron chi connectivity index (χ1n) is 9.61. The van der Waals surface area contributed by atoms with Crippen LogP contribution in [0.4, 0.5) is 5.69 Å². The molecule has 0 radical (unpaired) electrons. The van der Waals surface area contributed by atoms with E-state index < -0.39 is 16.1 Å². The maximum atomic E-state index is 13.0. The van der Waals surface area contributed by atoms with Crippen LogP contribution < -0.4 is 9.62 Å². The molecular weight excluding hydrogens is 384 g/mol. The quantitative estimate of drug-likeness (QED) is 0.640. The van der Waals surface area contributed by atoms with Gasteiger partial charge >= 0.3 is 0 Å². The molecule has 0 unspecified atom stereocenters. The number of fused-ring (bicyclic) bond motifs is 1. The lowest BCUT2D eigenvalue weighted by Crippen LogP contribution is -2.49. The van der Waals surface area contributed by atoms with Crippen molar-refractivity contribution >= 4 is 32.4 Å². The third-order valence-electron chi connectivity index (χ3n) is 4.95. The van der Waals surface area contributed by atoms with Crippen LogP contribution in [0.3, 0.4) is 0 Å². The number of rotatable bonds is 7. The van der Waals surface area contributed by atoms with E-state index >= 15 is 0 Å². The fraction of sp³-hybridized carbons (Fsp3) is 0.261. The number of benzene rings is 3. The second kappa shape index (κ2) is 8.66. The Morgan fingerprint density at radius 1 is 1.00 bits per heavy atom. The van der Waals surface area contributed by atoms with Crippen LogP contribution >= 0.6 is 0 Å². The molecule has 0 saturated heterocycles. The van der Waals surface area contributed by atoms with Crippen LogP contribution in [0.2, 0.25) is 0 Å². The van der Waals surface area contributed by atoms with Crippen molar-refractivity contribution in [2.24, 2.45) is 0 Å². The first kappa shape index (κ1) is 20.9. The Bertz CT molecular complexity index is 1100. The largest absolute Gasteiger partial charge is 0.350 e. The fourth-order valence-corrected chi connectivity index (χ4v) is 4.71. The van der Waals surface area contributed by atoms with Crippen molar-refractivity contribution in [2.45, 2.75) is 32.9 Å². The van der Waals surface area contributed by atoms with Crippen molar-refractivity contribution in [3.8, 4) is 0 Å². The smallest absolute Gasteiger partial charge is 0.244 e. The van der Waals surface area contributed by atoms with Gasteiger partial charge in [0.2, 0.25) is 15.9 Å². The monoisotopic (exact) mass is 410 g/mol. The molecule has 29 heavy (non-hydrogen) atoms. The highest BCUT2D eigenvalue weighted by atomic mass is 32.2. The van der Waals surface area contributed by atoms with Crippen LogP contribution in [0.1, 0.15) is 24.5 Å². The second-order valence-corrected chi connectivity index (χ2v) is 9.03. The highest BCUT2D eigenvalue weighted by Gasteiger charge is 2.31. The van der Waals surface area contributed by atoms with Crippen molar-refractivity contribution in [1.29, 1.82) is 0 Å². The van der Waals surface area contributed by atoms with Crippen molar-refractivity contribution in [3.63, 3.8) is 0 Å². The Morgan fingerprint density at radius 2 is 1.66 bits per heavy atom. The molecule has 1 N–H and O–H groups in total. The summed E-state index contributed by atoms with van der Waals surface area (Å²) in [5, 5.41) is 5.10. The summed E-state index contributed by atoms with van der Waals surface area (Å²) in [7, 11) is -3.63. The number of nitrogens with one attached hydrogen (secondary N) is 1. The minimum absolute atomic E-state index is 0.313. The number of hydrogen-bond donors (Lipinski definition) is 1. The molecule has 0 aromatic heterocycles.